The van der Waals surface area contributed by atoms with E-state index in [1.165, 1.54) is 18.4 Å². The molecule has 1 amide bonds. The summed E-state index contributed by atoms with van der Waals surface area (Å²) in [6.45, 7) is 2.51. The van der Waals surface area contributed by atoms with Gasteiger partial charge in [-0.05, 0) is 79.9 Å². The number of nitrogens with one attached hydrogen (secondary N) is 2. The topological polar surface area (TPSA) is 103 Å². The lowest BCUT2D eigenvalue weighted by Crippen LogP contribution is -2.29. The zero-order valence-corrected chi connectivity index (χ0v) is 23.0. The van der Waals surface area contributed by atoms with Crippen LogP contribution in [0.4, 0.5) is 0 Å². The van der Waals surface area contributed by atoms with Gasteiger partial charge in [-0.25, -0.2) is 4.98 Å². The van der Waals surface area contributed by atoms with E-state index < -0.39 is 5.91 Å². The number of nitriles is 1. The number of piperidine rings is 1. The van der Waals surface area contributed by atoms with Crippen molar-refractivity contribution in [2.45, 2.75) is 25.3 Å². The lowest BCUT2D eigenvalue weighted by Gasteiger charge is -2.29. The average Bonchev–Trinajstić information content (AvgIpc) is 3.40. The number of nitrogens with zero attached hydrogens (tertiary/aromatic N) is 3. The van der Waals surface area contributed by atoms with Crippen molar-refractivity contribution in [2.75, 3.05) is 34.4 Å². The van der Waals surface area contributed by atoms with Crippen LogP contribution in [0.3, 0.4) is 0 Å². The third-order valence-corrected chi connectivity index (χ3v) is 7.56. The molecule has 8 nitrogen and oxygen atoms in total. The van der Waals surface area contributed by atoms with E-state index in [0.29, 0.717) is 23.1 Å². The van der Waals surface area contributed by atoms with Gasteiger partial charge in [0.05, 0.1) is 14.2 Å². The number of benzene rings is 2. The van der Waals surface area contributed by atoms with Gasteiger partial charge in [0.15, 0.2) is 11.5 Å². The van der Waals surface area contributed by atoms with Gasteiger partial charge in [-0.2, -0.15) is 5.26 Å². The zero-order chi connectivity index (χ0) is 28.1. The highest BCUT2D eigenvalue weighted by Gasteiger charge is 2.18. The normalized spacial score (nSPS) is 14.6. The van der Waals surface area contributed by atoms with Gasteiger partial charge in [0, 0.05) is 35.5 Å². The minimum Gasteiger partial charge on any atom is -0.493 e. The van der Waals surface area contributed by atoms with Crippen LogP contribution in [0, 0.1) is 11.3 Å². The van der Waals surface area contributed by atoms with E-state index in [0.717, 1.165) is 40.7 Å². The van der Waals surface area contributed by atoms with Crippen LogP contribution in [-0.2, 0) is 11.3 Å². The number of amides is 1. The third-order valence-electron chi connectivity index (χ3n) is 7.56. The molecule has 0 unspecified atom stereocenters. The monoisotopic (exact) mass is 535 g/mol. The van der Waals surface area contributed by atoms with Crippen molar-refractivity contribution in [3.05, 3.63) is 83.2 Å². The summed E-state index contributed by atoms with van der Waals surface area (Å²) >= 11 is 0. The predicted molar refractivity (Wildman–Crippen MR) is 156 cm³/mol. The molecule has 1 aliphatic rings. The lowest BCUT2D eigenvalue weighted by molar-refractivity contribution is -0.117. The van der Waals surface area contributed by atoms with Crippen molar-refractivity contribution in [3.8, 4) is 28.7 Å². The van der Waals surface area contributed by atoms with Crippen molar-refractivity contribution in [3.63, 3.8) is 0 Å². The van der Waals surface area contributed by atoms with Crippen LogP contribution >= 0.6 is 0 Å². The number of H-pyrrole nitrogens is 1. The van der Waals surface area contributed by atoms with Crippen molar-refractivity contribution >= 4 is 23.0 Å². The van der Waals surface area contributed by atoms with Crippen LogP contribution in [0.2, 0.25) is 0 Å². The second-order valence-corrected chi connectivity index (χ2v) is 10.1. The van der Waals surface area contributed by atoms with Crippen LogP contribution in [0.1, 0.15) is 35.4 Å². The summed E-state index contributed by atoms with van der Waals surface area (Å²) in [5.74, 6) is 1.33. The Labute approximate surface area is 234 Å². The van der Waals surface area contributed by atoms with Crippen molar-refractivity contribution in [1.82, 2.24) is 20.2 Å². The third kappa shape index (κ3) is 5.85. The van der Waals surface area contributed by atoms with E-state index in [-0.39, 0.29) is 12.1 Å². The molecule has 0 spiro atoms. The maximum absolute atomic E-state index is 12.9. The first-order chi connectivity index (χ1) is 19.5. The van der Waals surface area contributed by atoms with Crippen molar-refractivity contribution in [1.29, 1.82) is 5.26 Å². The Hall–Kier alpha value is -4.61. The molecule has 0 saturated carbocycles. The van der Waals surface area contributed by atoms with Crippen LogP contribution in [0.5, 0.6) is 11.5 Å². The molecule has 5 rings (SSSR count). The highest BCUT2D eigenvalue weighted by Crippen LogP contribution is 2.31. The van der Waals surface area contributed by atoms with Crippen LogP contribution in [0.25, 0.3) is 28.2 Å². The fraction of sp³-hybridized carbons (Fsp3) is 0.281. The number of hydrogen-bond acceptors (Lipinski definition) is 6. The molecule has 4 aromatic rings. The molecule has 2 N–H and O–H groups in total. The molecule has 2 aromatic carbocycles. The fourth-order valence-corrected chi connectivity index (χ4v) is 5.16. The fourth-order valence-electron chi connectivity index (χ4n) is 5.16. The van der Waals surface area contributed by atoms with Crippen LogP contribution in [0.15, 0.2) is 66.5 Å². The van der Waals surface area contributed by atoms with Gasteiger partial charge in [-0.3, -0.25) is 4.79 Å². The average molecular weight is 536 g/mol. The molecule has 1 aliphatic heterocycles. The second kappa shape index (κ2) is 12.1. The summed E-state index contributed by atoms with van der Waals surface area (Å²) < 4.78 is 10.6. The number of rotatable bonds is 8. The molecule has 0 aliphatic carbocycles. The second-order valence-electron chi connectivity index (χ2n) is 10.1. The maximum atomic E-state index is 12.9. The lowest BCUT2D eigenvalue weighted by atomic mass is 9.89. The number of ether oxygens (including phenoxy) is 2. The van der Waals surface area contributed by atoms with Gasteiger partial charge in [0.1, 0.15) is 17.3 Å². The van der Waals surface area contributed by atoms with Gasteiger partial charge < -0.3 is 24.7 Å². The smallest absolute Gasteiger partial charge is 0.262 e. The first-order valence-corrected chi connectivity index (χ1v) is 13.4. The Morgan fingerprint density at radius 3 is 2.55 bits per heavy atom. The van der Waals surface area contributed by atoms with E-state index in [2.05, 4.69) is 51.5 Å². The Bertz CT molecular complexity index is 1570. The Morgan fingerprint density at radius 2 is 1.85 bits per heavy atom. The van der Waals surface area contributed by atoms with E-state index in [1.807, 2.05) is 24.4 Å². The van der Waals surface area contributed by atoms with Crippen molar-refractivity contribution < 1.29 is 14.3 Å². The molecule has 40 heavy (non-hydrogen) atoms. The molecular formula is C32H33N5O3. The standard InChI is InChI=1S/C32H33N5O3/c1-37-12-10-24(11-13-37)22-5-7-23(8-6-22)26-16-28-27(20-35-31(28)34-19-26)15-25(17-33)32(38)36-18-21-4-9-29(39-2)30(14-21)40-3/h4-9,14-16,19-20,24H,10-13,18H2,1-3H3,(H,34,35)(H,36,38)/b25-15+. The predicted octanol–water partition coefficient (Wildman–Crippen LogP) is 5.28. The number of aromatic amines is 1. The van der Waals surface area contributed by atoms with E-state index in [9.17, 15) is 10.1 Å². The summed E-state index contributed by atoms with van der Waals surface area (Å²) in [6.07, 6.45) is 7.58. The summed E-state index contributed by atoms with van der Waals surface area (Å²) in [4.78, 5) is 23.0. The van der Waals surface area contributed by atoms with E-state index in [4.69, 9.17) is 9.47 Å². The zero-order valence-electron chi connectivity index (χ0n) is 23.0. The van der Waals surface area contributed by atoms with Gasteiger partial charge >= 0.3 is 0 Å². The SMILES string of the molecule is COc1ccc(CNC(=O)/C(C#N)=C/c2c[nH]c3ncc(-c4ccc(C5CCN(C)CC5)cc4)cc23)cc1OC. The minimum absolute atomic E-state index is 0.00857. The van der Waals surface area contributed by atoms with E-state index in [1.54, 1.807) is 38.6 Å². The molecule has 204 valence electrons. The molecule has 0 radical (unpaired) electrons. The number of methoxy groups -OCH3 is 2. The first kappa shape index (κ1) is 27.0. The molecule has 0 atom stereocenters. The number of hydrogen-bond donors (Lipinski definition) is 2. The summed E-state index contributed by atoms with van der Waals surface area (Å²) in [6, 6.07) is 18.3. The number of carbonyl (C=O) groups is 1. The summed E-state index contributed by atoms with van der Waals surface area (Å²) in [5.41, 5.74) is 5.70. The first-order valence-electron chi connectivity index (χ1n) is 13.4. The summed E-state index contributed by atoms with van der Waals surface area (Å²) in [7, 11) is 5.31. The quantitative estimate of drug-likeness (QED) is 0.235. The highest BCUT2D eigenvalue weighted by molar-refractivity contribution is 6.04. The number of aromatic nitrogens is 2. The Balaban J connectivity index is 1.32. The number of pyridine rings is 1. The minimum atomic E-state index is -0.458. The largest absolute Gasteiger partial charge is 0.493 e. The Morgan fingerprint density at radius 1 is 1.10 bits per heavy atom. The number of fused-ring (bicyclic) bond motifs is 1. The van der Waals surface area contributed by atoms with Gasteiger partial charge in [-0.1, -0.05) is 30.3 Å². The van der Waals surface area contributed by atoms with Gasteiger partial charge in [0.25, 0.3) is 5.91 Å². The number of likely N-dealkylation sites (tertiary alicyclic amines) is 1. The highest BCUT2D eigenvalue weighted by atomic mass is 16.5. The van der Waals surface area contributed by atoms with Gasteiger partial charge in [0.2, 0.25) is 0 Å². The molecule has 2 aromatic heterocycles. The molecule has 1 saturated heterocycles. The number of carbonyl (C=O) groups excluding carboxylic acids is 1. The Kier molecular flexibility index (Phi) is 8.13. The van der Waals surface area contributed by atoms with Gasteiger partial charge in [-0.15, -0.1) is 0 Å². The summed E-state index contributed by atoms with van der Waals surface area (Å²) in [5, 5.41) is 13.4. The molecule has 1 fully saturated rings. The molecular weight excluding hydrogens is 502 g/mol. The molecule has 0 bridgehead atoms. The van der Waals surface area contributed by atoms with Crippen molar-refractivity contribution in [2.24, 2.45) is 0 Å². The van der Waals surface area contributed by atoms with Crippen LogP contribution in [-0.4, -0.2) is 55.1 Å². The van der Waals surface area contributed by atoms with E-state index >= 15 is 0 Å². The van der Waals surface area contributed by atoms with Crippen LogP contribution < -0.4 is 14.8 Å². The maximum Gasteiger partial charge on any atom is 0.262 e. The molecule has 3 heterocycles. The molecule has 8 heteroatoms.